The second kappa shape index (κ2) is 9.68. The van der Waals surface area contributed by atoms with Crippen LogP contribution in [-0.4, -0.2) is 59.0 Å². The zero-order valence-corrected chi connectivity index (χ0v) is 17.3. The molecule has 6 heteroatoms. The van der Waals surface area contributed by atoms with Gasteiger partial charge in [-0.1, -0.05) is 30.3 Å². The van der Waals surface area contributed by atoms with Crippen LogP contribution in [0.25, 0.3) is 0 Å². The lowest BCUT2D eigenvalue weighted by Crippen LogP contribution is -2.26. The fourth-order valence-corrected chi connectivity index (χ4v) is 4.46. The average molecular weight is 400 g/mol. The van der Waals surface area contributed by atoms with Crippen LogP contribution < -0.4 is 5.32 Å². The predicted octanol–water partition coefficient (Wildman–Crippen LogP) is 3.63. The van der Waals surface area contributed by atoms with Crippen LogP contribution in [0.4, 0.5) is 5.82 Å². The van der Waals surface area contributed by atoms with Gasteiger partial charge in [0.25, 0.3) is 0 Å². The van der Waals surface area contributed by atoms with Crippen molar-refractivity contribution >= 4 is 17.4 Å². The first kappa shape index (κ1) is 19.6. The van der Waals surface area contributed by atoms with Crippen LogP contribution >= 0.6 is 11.6 Å². The molecule has 0 bridgehead atoms. The van der Waals surface area contributed by atoms with E-state index in [9.17, 15) is 0 Å². The van der Waals surface area contributed by atoms with Crippen molar-refractivity contribution in [3.8, 4) is 0 Å². The minimum atomic E-state index is 0.359. The molecule has 1 fully saturated rings. The van der Waals surface area contributed by atoms with Gasteiger partial charge in [0.2, 0.25) is 5.28 Å². The maximum Gasteiger partial charge on any atom is 0.224 e. The summed E-state index contributed by atoms with van der Waals surface area (Å²) in [7, 11) is 0. The first-order valence-electron chi connectivity index (χ1n) is 10.6. The van der Waals surface area contributed by atoms with E-state index >= 15 is 0 Å². The van der Waals surface area contributed by atoms with E-state index in [1.54, 1.807) is 0 Å². The molecule has 150 valence electrons. The molecule has 2 aromatic rings. The van der Waals surface area contributed by atoms with Crippen molar-refractivity contribution in [1.82, 2.24) is 19.8 Å². The van der Waals surface area contributed by atoms with Crippen LogP contribution in [0.15, 0.2) is 30.3 Å². The summed E-state index contributed by atoms with van der Waals surface area (Å²) in [6, 6.07) is 10.7. The van der Waals surface area contributed by atoms with Crippen molar-refractivity contribution in [3.05, 3.63) is 52.4 Å². The molecular weight excluding hydrogens is 370 g/mol. The van der Waals surface area contributed by atoms with E-state index in [0.717, 1.165) is 57.0 Å². The maximum absolute atomic E-state index is 6.23. The Balaban J connectivity index is 1.36. The summed E-state index contributed by atoms with van der Waals surface area (Å²) in [5, 5.41) is 3.91. The van der Waals surface area contributed by atoms with E-state index in [1.807, 2.05) is 0 Å². The van der Waals surface area contributed by atoms with Crippen LogP contribution in [0, 0.1) is 0 Å². The Kier molecular flexibility index (Phi) is 6.78. The molecule has 1 saturated heterocycles. The number of rotatable bonds is 7. The van der Waals surface area contributed by atoms with E-state index in [1.165, 1.54) is 43.6 Å². The Morgan fingerprint density at radius 2 is 1.71 bits per heavy atom. The molecule has 3 heterocycles. The summed E-state index contributed by atoms with van der Waals surface area (Å²) in [4.78, 5) is 14.1. The van der Waals surface area contributed by atoms with Gasteiger partial charge >= 0.3 is 0 Å². The average Bonchev–Trinajstić information content (AvgIpc) is 3.14. The molecule has 0 radical (unpaired) electrons. The minimum absolute atomic E-state index is 0.359. The second-order valence-corrected chi connectivity index (χ2v) is 8.20. The third-order valence-electron chi connectivity index (χ3n) is 5.80. The fourth-order valence-electron chi connectivity index (χ4n) is 4.28. The Morgan fingerprint density at radius 3 is 2.54 bits per heavy atom. The fraction of sp³-hybridized carbons (Fsp3) is 0.545. The van der Waals surface area contributed by atoms with Crippen LogP contribution in [0.3, 0.4) is 0 Å². The maximum atomic E-state index is 6.23. The molecule has 2 aliphatic rings. The number of nitrogens with one attached hydrogen (secondary N) is 1. The Hall–Kier alpha value is -1.69. The molecule has 0 saturated carbocycles. The lowest BCUT2D eigenvalue weighted by atomic mass is 10.1. The molecule has 0 spiro atoms. The summed E-state index contributed by atoms with van der Waals surface area (Å²) < 4.78 is 0. The molecule has 1 aromatic heterocycles. The molecule has 0 unspecified atom stereocenters. The summed E-state index contributed by atoms with van der Waals surface area (Å²) in [6.07, 6.45) is 5.72. The summed E-state index contributed by atoms with van der Waals surface area (Å²) in [5.74, 6) is 0.943. The van der Waals surface area contributed by atoms with Crippen LogP contribution in [0.5, 0.6) is 0 Å². The number of halogens is 1. The molecule has 28 heavy (non-hydrogen) atoms. The van der Waals surface area contributed by atoms with E-state index in [-0.39, 0.29) is 0 Å². The largest absolute Gasteiger partial charge is 0.370 e. The molecule has 0 atom stereocenters. The summed E-state index contributed by atoms with van der Waals surface area (Å²) >= 11 is 6.23. The zero-order chi connectivity index (χ0) is 19.2. The highest BCUT2D eigenvalue weighted by Crippen LogP contribution is 2.24. The van der Waals surface area contributed by atoms with Gasteiger partial charge in [0.15, 0.2) is 0 Å². The van der Waals surface area contributed by atoms with Gasteiger partial charge < -0.3 is 10.2 Å². The molecule has 4 rings (SSSR count). The highest BCUT2D eigenvalue weighted by Gasteiger charge is 2.20. The van der Waals surface area contributed by atoms with Gasteiger partial charge in [-0.25, -0.2) is 9.97 Å². The quantitative estimate of drug-likeness (QED) is 0.569. The topological polar surface area (TPSA) is 44.3 Å². The van der Waals surface area contributed by atoms with Gasteiger partial charge in [-0.2, -0.15) is 0 Å². The van der Waals surface area contributed by atoms with Gasteiger partial charge in [0.05, 0.1) is 5.69 Å². The van der Waals surface area contributed by atoms with Gasteiger partial charge in [0.1, 0.15) is 5.82 Å². The SMILES string of the molecule is Clc1nc2c(c(NCCCN3CCCC3)n1)CCN(Cc1ccccc1)CC2. The Bertz CT molecular complexity index is 761. The highest BCUT2D eigenvalue weighted by atomic mass is 35.5. The number of anilines is 1. The highest BCUT2D eigenvalue weighted by molar-refractivity contribution is 6.28. The Morgan fingerprint density at radius 1 is 0.929 bits per heavy atom. The van der Waals surface area contributed by atoms with Crippen LogP contribution in [0.2, 0.25) is 5.28 Å². The van der Waals surface area contributed by atoms with E-state index in [2.05, 4.69) is 55.4 Å². The van der Waals surface area contributed by atoms with Crippen LogP contribution in [-0.2, 0) is 19.4 Å². The molecule has 5 nitrogen and oxygen atoms in total. The van der Waals surface area contributed by atoms with E-state index < -0.39 is 0 Å². The molecular formula is C22H30ClN5. The Labute approximate surface area is 173 Å². The summed E-state index contributed by atoms with van der Waals surface area (Å²) in [5.41, 5.74) is 3.72. The lowest BCUT2D eigenvalue weighted by molar-refractivity contribution is 0.279. The number of benzene rings is 1. The smallest absolute Gasteiger partial charge is 0.224 e. The third-order valence-corrected chi connectivity index (χ3v) is 5.97. The van der Waals surface area contributed by atoms with Crippen molar-refractivity contribution in [3.63, 3.8) is 0 Å². The van der Waals surface area contributed by atoms with Gasteiger partial charge in [0, 0.05) is 38.2 Å². The third kappa shape index (κ3) is 5.22. The molecule has 0 aliphatic carbocycles. The molecule has 0 amide bonds. The summed E-state index contributed by atoms with van der Waals surface area (Å²) in [6.45, 7) is 7.62. The van der Waals surface area contributed by atoms with Crippen molar-refractivity contribution in [2.45, 2.75) is 38.6 Å². The van der Waals surface area contributed by atoms with Crippen LogP contribution in [0.1, 0.15) is 36.1 Å². The number of nitrogens with zero attached hydrogens (tertiary/aromatic N) is 4. The van der Waals surface area contributed by atoms with Crippen molar-refractivity contribution in [1.29, 1.82) is 0 Å². The monoisotopic (exact) mass is 399 g/mol. The number of fused-ring (bicyclic) bond motifs is 1. The number of hydrogen-bond acceptors (Lipinski definition) is 5. The van der Waals surface area contributed by atoms with Crippen molar-refractivity contribution in [2.75, 3.05) is 44.6 Å². The number of likely N-dealkylation sites (tertiary alicyclic amines) is 1. The van der Waals surface area contributed by atoms with E-state index in [0.29, 0.717) is 5.28 Å². The first-order valence-corrected chi connectivity index (χ1v) is 10.9. The molecule has 1 aromatic carbocycles. The second-order valence-electron chi connectivity index (χ2n) is 7.86. The van der Waals surface area contributed by atoms with Crippen molar-refractivity contribution in [2.24, 2.45) is 0 Å². The van der Waals surface area contributed by atoms with E-state index in [4.69, 9.17) is 11.6 Å². The molecule has 1 N–H and O–H groups in total. The standard InChI is InChI=1S/C22H30ClN5/c23-22-25-20-10-16-28(17-18-7-2-1-3-8-18)15-9-19(20)21(26-22)24-11-6-14-27-12-4-5-13-27/h1-3,7-8H,4-6,9-17H2,(H,24,25,26). The lowest BCUT2D eigenvalue weighted by Gasteiger charge is -2.19. The number of hydrogen-bond donors (Lipinski definition) is 1. The predicted molar refractivity (Wildman–Crippen MR) is 115 cm³/mol. The van der Waals surface area contributed by atoms with Gasteiger partial charge in [-0.15, -0.1) is 0 Å². The molecule has 2 aliphatic heterocycles. The normalized spacial score (nSPS) is 18.0. The van der Waals surface area contributed by atoms with Gasteiger partial charge in [-0.3, -0.25) is 4.90 Å². The minimum Gasteiger partial charge on any atom is -0.370 e. The first-order chi connectivity index (χ1) is 13.8. The zero-order valence-electron chi connectivity index (χ0n) is 16.5. The number of aromatic nitrogens is 2. The van der Waals surface area contributed by atoms with Gasteiger partial charge in [-0.05, 0) is 62.5 Å². The van der Waals surface area contributed by atoms with Crippen molar-refractivity contribution < 1.29 is 0 Å².